The van der Waals surface area contributed by atoms with Crippen LogP contribution in [0.2, 0.25) is 0 Å². The quantitative estimate of drug-likeness (QED) is 0.183. The first-order valence-corrected chi connectivity index (χ1v) is 17.4. The van der Waals surface area contributed by atoms with Crippen molar-refractivity contribution in [2.75, 3.05) is 4.90 Å². The van der Waals surface area contributed by atoms with Crippen LogP contribution >= 0.6 is 0 Å². The van der Waals surface area contributed by atoms with E-state index >= 15 is 0 Å². The number of benzene rings is 7. The van der Waals surface area contributed by atoms with Gasteiger partial charge in [0.2, 0.25) is 0 Å². The predicted molar refractivity (Wildman–Crippen MR) is 207 cm³/mol. The minimum absolute atomic E-state index is 0.0927. The molecule has 0 atom stereocenters. The first-order valence-electron chi connectivity index (χ1n) is 17.4. The summed E-state index contributed by atoms with van der Waals surface area (Å²) in [6.07, 6.45) is 0. The van der Waals surface area contributed by atoms with Crippen LogP contribution in [0, 0.1) is 0 Å². The standard InChI is InChI=1S/C48H39N/c1-47(2)40-22-13-11-21-39(40)46-41(47)23-15-25-45(46)49(44-24-14-12-20-36(44)33-18-9-6-10-19-33)35-27-29-38-37-28-26-34(32-16-7-5-8-17-32)30-42(37)48(3,4)43(38)31-35/h5-31H,1-4H3. The Hall–Kier alpha value is -5.66. The maximum absolute atomic E-state index is 2.52. The minimum Gasteiger partial charge on any atom is -0.309 e. The van der Waals surface area contributed by atoms with Crippen molar-refractivity contribution in [1.82, 2.24) is 0 Å². The van der Waals surface area contributed by atoms with E-state index in [0.717, 1.165) is 0 Å². The smallest absolute Gasteiger partial charge is 0.0543 e. The number of nitrogens with zero attached hydrogens (tertiary/aromatic N) is 1. The summed E-state index contributed by atoms with van der Waals surface area (Å²) >= 11 is 0. The number of rotatable bonds is 5. The lowest BCUT2D eigenvalue weighted by molar-refractivity contribution is 0.660. The van der Waals surface area contributed by atoms with Crippen molar-refractivity contribution in [1.29, 1.82) is 0 Å². The van der Waals surface area contributed by atoms with Crippen molar-refractivity contribution in [2.24, 2.45) is 0 Å². The van der Waals surface area contributed by atoms with E-state index < -0.39 is 0 Å². The average molecular weight is 630 g/mol. The van der Waals surface area contributed by atoms with Gasteiger partial charge in [0.25, 0.3) is 0 Å². The van der Waals surface area contributed by atoms with Gasteiger partial charge in [0.15, 0.2) is 0 Å². The van der Waals surface area contributed by atoms with Crippen LogP contribution in [0.15, 0.2) is 164 Å². The average Bonchev–Trinajstić information content (AvgIpc) is 3.52. The zero-order chi connectivity index (χ0) is 33.3. The predicted octanol–water partition coefficient (Wildman–Crippen LogP) is 13.1. The monoisotopic (exact) mass is 629 g/mol. The normalized spacial score (nSPS) is 14.4. The Labute approximate surface area is 290 Å². The van der Waals surface area contributed by atoms with E-state index in [-0.39, 0.29) is 10.8 Å². The van der Waals surface area contributed by atoms with E-state index in [9.17, 15) is 0 Å². The molecule has 2 aliphatic rings. The molecule has 49 heavy (non-hydrogen) atoms. The zero-order valence-electron chi connectivity index (χ0n) is 28.5. The third-order valence-electron chi connectivity index (χ3n) is 11.1. The molecule has 0 saturated heterocycles. The lowest BCUT2D eigenvalue weighted by Gasteiger charge is -2.32. The molecule has 7 aromatic carbocycles. The molecular formula is C48H39N. The maximum atomic E-state index is 2.52. The first-order chi connectivity index (χ1) is 23.8. The summed E-state index contributed by atoms with van der Waals surface area (Å²) in [5.74, 6) is 0. The Kier molecular flexibility index (Phi) is 6.58. The SMILES string of the molecule is CC1(C)c2cc(-c3ccccc3)ccc2-c2ccc(N(c3ccccc3-c3ccccc3)c3cccc4c3-c3ccccc3C4(C)C)cc21. The molecule has 0 spiro atoms. The summed E-state index contributed by atoms with van der Waals surface area (Å²) in [5.41, 5.74) is 19.0. The zero-order valence-corrected chi connectivity index (χ0v) is 28.5. The fourth-order valence-corrected chi connectivity index (χ4v) is 8.53. The molecule has 1 heteroatoms. The van der Waals surface area contributed by atoms with Crippen LogP contribution in [0.5, 0.6) is 0 Å². The van der Waals surface area contributed by atoms with Gasteiger partial charge in [-0.1, -0.05) is 161 Å². The highest BCUT2D eigenvalue weighted by molar-refractivity contribution is 5.98. The lowest BCUT2D eigenvalue weighted by Crippen LogP contribution is -2.18. The van der Waals surface area contributed by atoms with E-state index in [2.05, 4.69) is 196 Å². The Bertz CT molecular complexity index is 2380. The number of para-hydroxylation sites is 1. The van der Waals surface area contributed by atoms with Gasteiger partial charge >= 0.3 is 0 Å². The Morgan fingerprint density at radius 2 is 0.898 bits per heavy atom. The molecule has 0 bridgehead atoms. The summed E-state index contributed by atoms with van der Waals surface area (Å²) in [6.45, 7) is 9.50. The molecule has 0 N–H and O–H groups in total. The van der Waals surface area contributed by atoms with Crippen LogP contribution in [0.25, 0.3) is 44.5 Å². The van der Waals surface area contributed by atoms with Crippen molar-refractivity contribution in [3.8, 4) is 44.5 Å². The molecule has 1 nitrogen and oxygen atoms in total. The fourth-order valence-electron chi connectivity index (χ4n) is 8.53. The summed E-state index contributed by atoms with van der Waals surface area (Å²) in [6, 6.07) is 60.5. The third kappa shape index (κ3) is 4.46. The highest BCUT2D eigenvalue weighted by Crippen LogP contribution is 2.56. The van der Waals surface area contributed by atoms with Crippen LogP contribution in [0.1, 0.15) is 49.9 Å². The first kappa shape index (κ1) is 29.5. The van der Waals surface area contributed by atoms with Crippen molar-refractivity contribution >= 4 is 17.1 Å². The Balaban J connectivity index is 1.28. The van der Waals surface area contributed by atoms with Gasteiger partial charge in [0.1, 0.15) is 0 Å². The fraction of sp³-hybridized carbons (Fsp3) is 0.125. The van der Waals surface area contributed by atoms with Crippen molar-refractivity contribution < 1.29 is 0 Å². The van der Waals surface area contributed by atoms with Gasteiger partial charge in [-0.2, -0.15) is 0 Å². The number of hydrogen-bond acceptors (Lipinski definition) is 1. The van der Waals surface area contributed by atoms with Crippen molar-refractivity contribution in [3.05, 3.63) is 186 Å². The van der Waals surface area contributed by atoms with Crippen LogP contribution in [-0.4, -0.2) is 0 Å². The van der Waals surface area contributed by atoms with Crippen LogP contribution in [0.4, 0.5) is 17.1 Å². The number of hydrogen-bond donors (Lipinski definition) is 0. The molecule has 0 aliphatic heterocycles. The molecule has 236 valence electrons. The Morgan fingerprint density at radius 3 is 1.65 bits per heavy atom. The van der Waals surface area contributed by atoms with E-state index in [4.69, 9.17) is 0 Å². The highest BCUT2D eigenvalue weighted by Gasteiger charge is 2.39. The van der Waals surface area contributed by atoms with E-state index in [1.54, 1.807) is 0 Å². The van der Waals surface area contributed by atoms with Gasteiger partial charge in [-0.25, -0.2) is 0 Å². The molecule has 0 heterocycles. The largest absolute Gasteiger partial charge is 0.309 e. The second kappa shape index (κ2) is 10.9. The summed E-state index contributed by atoms with van der Waals surface area (Å²) in [7, 11) is 0. The summed E-state index contributed by atoms with van der Waals surface area (Å²) < 4.78 is 0. The van der Waals surface area contributed by atoms with E-state index in [1.807, 2.05) is 0 Å². The third-order valence-corrected chi connectivity index (χ3v) is 11.1. The topological polar surface area (TPSA) is 3.24 Å². The number of fused-ring (bicyclic) bond motifs is 6. The molecule has 0 radical (unpaired) electrons. The molecule has 2 aliphatic carbocycles. The van der Waals surface area contributed by atoms with Gasteiger partial charge in [0, 0.05) is 27.6 Å². The molecule has 0 saturated carbocycles. The van der Waals surface area contributed by atoms with Gasteiger partial charge in [-0.05, 0) is 86.0 Å². The van der Waals surface area contributed by atoms with Crippen molar-refractivity contribution in [3.63, 3.8) is 0 Å². The van der Waals surface area contributed by atoms with Crippen molar-refractivity contribution in [2.45, 2.75) is 38.5 Å². The van der Waals surface area contributed by atoms with Gasteiger partial charge in [0.05, 0.1) is 11.4 Å². The summed E-state index contributed by atoms with van der Waals surface area (Å²) in [4.78, 5) is 2.52. The molecular weight excluding hydrogens is 591 g/mol. The molecule has 7 aromatic rings. The lowest BCUT2D eigenvalue weighted by atomic mass is 9.81. The van der Waals surface area contributed by atoms with Crippen LogP contribution in [0.3, 0.4) is 0 Å². The highest BCUT2D eigenvalue weighted by atomic mass is 15.1. The van der Waals surface area contributed by atoms with Gasteiger partial charge in [-0.15, -0.1) is 0 Å². The van der Waals surface area contributed by atoms with E-state index in [1.165, 1.54) is 83.8 Å². The maximum Gasteiger partial charge on any atom is 0.0543 e. The molecule has 0 amide bonds. The minimum atomic E-state index is -0.163. The van der Waals surface area contributed by atoms with Gasteiger partial charge < -0.3 is 4.90 Å². The second-order valence-corrected chi connectivity index (χ2v) is 14.6. The van der Waals surface area contributed by atoms with E-state index in [0.29, 0.717) is 0 Å². The second-order valence-electron chi connectivity index (χ2n) is 14.6. The van der Waals surface area contributed by atoms with Crippen LogP contribution < -0.4 is 4.90 Å². The molecule has 0 aromatic heterocycles. The molecule has 0 fully saturated rings. The van der Waals surface area contributed by atoms with Crippen LogP contribution in [-0.2, 0) is 10.8 Å². The van der Waals surface area contributed by atoms with Gasteiger partial charge in [-0.3, -0.25) is 0 Å². The Morgan fingerprint density at radius 1 is 0.347 bits per heavy atom. The molecule has 0 unspecified atom stereocenters. The molecule has 9 rings (SSSR count). The summed E-state index contributed by atoms with van der Waals surface area (Å²) in [5, 5.41) is 0. The number of anilines is 3.